The molecule has 3 rings (SSSR count). The first kappa shape index (κ1) is 15.5. The van der Waals surface area contributed by atoms with Gasteiger partial charge in [0, 0.05) is 24.9 Å². The molecule has 0 aromatic carbocycles. The van der Waals surface area contributed by atoms with Crippen LogP contribution in [0.5, 0.6) is 0 Å². The predicted molar refractivity (Wildman–Crippen MR) is 82.3 cm³/mol. The van der Waals surface area contributed by atoms with Crippen molar-refractivity contribution in [3.8, 4) is 0 Å². The van der Waals surface area contributed by atoms with E-state index in [9.17, 15) is 13.2 Å². The van der Waals surface area contributed by atoms with Crippen molar-refractivity contribution in [2.24, 2.45) is 22.7 Å². The monoisotopic (exact) mass is 313 g/mol. The molecule has 120 valence electrons. The van der Waals surface area contributed by atoms with E-state index < -0.39 is 15.4 Å². The number of sulfonamides is 1. The van der Waals surface area contributed by atoms with Crippen molar-refractivity contribution < 1.29 is 13.2 Å². The summed E-state index contributed by atoms with van der Waals surface area (Å²) >= 11 is 0. The second-order valence-corrected chi connectivity index (χ2v) is 10.00. The lowest BCUT2D eigenvalue weighted by Gasteiger charge is -2.39. The number of ketones is 1. The van der Waals surface area contributed by atoms with Crippen LogP contribution in [-0.4, -0.2) is 37.3 Å². The van der Waals surface area contributed by atoms with Crippen molar-refractivity contribution in [1.29, 1.82) is 0 Å². The van der Waals surface area contributed by atoms with Gasteiger partial charge in [-0.3, -0.25) is 4.79 Å². The third-order valence-corrected chi connectivity index (χ3v) is 8.56. The standard InChI is InChI=1S/C16H27NO3S/c1-12-5-4-8-17(10-12)21(19,20)11-16-7-6-13(9-14(16)18)15(16,2)3/h12-13H,4-11H2,1-3H3. The molecule has 0 aromatic heterocycles. The minimum absolute atomic E-state index is 0.0368. The molecular weight excluding hydrogens is 286 g/mol. The minimum Gasteiger partial charge on any atom is -0.299 e. The molecular formula is C16H27NO3S. The highest BCUT2D eigenvalue weighted by atomic mass is 32.2. The molecule has 0 radical (unpaired) electrons. The number of fused-ring (bicyclic) bond motifs is 2. The zero-order chi connectivity index (χ0) is 15.5. The molecule has 3 aliphatic rings. The van der Waals surface area contributed by atoms with E-state index in [0.29, 0.717) is 31.3 Å². The molecule has 0 amide bonds. The van der Waals surface area contributed by atoms with Gasteiger partial charge in [-0.1, -0.05) is 20.8 Å². The molecule has 0 spiro atoms. The van der Waals surface area contributed by atoms with E-state index in [-0.39, 0.29) is 17.0 Å². The summed E-state index contributed by atoms with van der Waals surface area (Å²) < 4.78 is 27.4. The van der Waals surface area contributed by atoms with E-state index >= 15 is 0 Å². The summed E-state index contributed by atoms with van der Waals surface area (Å²) in [5.41, 5.74) is -0.796. The van der Waals surface area contributed by atoms with Gasteiger partial charge in [0.15, 0.2) is 0 Å². The number of hydrogen-bond acceptors (Lipinski definition) is 3. The summed E-state index contributed by atoms with van der Waals surface area (Å²) in [7, 11) is -3.33. The quantitative estimate of drug-likeness (QED) is 0.804. The lowest BCUT2D eigenvalue weighted by molar-refractivity contribution is -0.128. The van der Waals surface area contributed by atoms with Crippen molar-refractivity contribution >= 4 is 15.8 Å². The van der Waals surface area contributed by atoms with Gasteiger partial charge in [0.2, 0.25) is 10.0 Å². The smallest absolute Gasteiger partial charge is 0.215 e. The maximum absolute atomic E-state index is 12.9. The molecule has 1 saturated heterocycles. The second-order valence-electron chi connectivity index (χ2n) is 8.03. The fourth-order valence-corrected chi connectivity index (χ4v) is 7.28. The molecule has 21 heavy (non-hydrogen) atoms. The van der Waals surface area contributed by atoms with E-state index in [1.54, 1.807) is 4.31 Å². The van der Waals surface area contributed by atoms with Crippen LogP contribution in [0.1, 0.15) is 52.9 Å². The van der Waals surface area contributed by atoms with Crippen molar-refractivity contribution in [1.82, 2.24) is 4.31 Å². The van der Waals surface area contributed by atoms with Gasteiger partial charge >= 0.3 is 0 Å². The maximum Gasteiger partial charge on any atom is 0.215 e. The van der Waals surface area contributed by atoms with Crippen LogP contribution in [0.3, 0.4) is 0 Å². The molecule has 3 fully saturated rings. The van der Waals surface area contributed by atoms with Gasteiger partial charge in [-0.25, -0.2) is 12.7 Å². The Morgan fingerprint density at radius 1 is 1.29 bits per heavy atom. The molecule has 5 heteroatoms. The molecule has 3 unspecified atom stereocenters. The highest BCUT2D eigenvalue weighted by Crippen LogP contribution is 2.64. The first-order chi connectivity index (χ1) is 9.69. The molecule has 3 atom stereocenters. The summed E-state index contributed by atoms with van der Waals surface area (Å²) in [5.74, 6) is 1.03. The van der Waals surface area contributed by atoms with Crippen LogP contribution in [0.25, 0.3) is 0 Å². The highest BCUT2D eigenvalue weighted by molar-refractivity contribution is 7.89. The summed E-state index contributed by atoms with van der Waals surface area (Å²) in [6.07, 6.45) is 4.38. The van der Waals surface area contributed by atoms with Crippen LogP contribution in [0.2, 0.25) is 0 Å². The van der Waals surface area contributed by atoms with Crippen LogP contribution in [0.4, 0.5) is 0 Å². The SMILES string of the molecule is CC1CCCN(S(=O)(=O)CC23CCC(CC2=O)C3(C)C)C1. The number of rotatable bonds is 3. The zero-order valence-corrected chi connectivity index (χ0v) is 14.2. The number of carbonyl (C=O) groups is 1. The lowest BCUT2D eigenvalue weighted by atomic mass is 9.70. The third-order valence-electron chi connectivity index (χ3n) is 6.58. The van der Waals surface area contributed by atoms with Crippen molar-refractivity contribution in [3.05, 3.63) is 0 Å². The Morgan fingerprint density at radius 3 is 2.52 bits per heavy atom. The summed E-state index contributed by atoms with van der Waals surface area (Å²) in [5, 5.41) is 0. The second kappa shape index (κ2) is 4.79. The topological polar surface area (TPSA) is 54.5 Å². The minimum atomic E-state index is -3.33. The molecule has 0 aromatic rings. The summed E-state index contributed by atoms with van der Waals surface area (Å²) in [4.78, 5) is 12.5. The van der Waals surface area contributed by atoms with E-state index in [2.05, 4.69) is 20.8 Å². The van der Waals surface area contributed by atoms with Crippen LogP contribution < -0.4 is 0 Å². The average molecular weight is 313 g/mol. The number of nitrogens with zero attached hydrogens (tertiary/aromatic N) is 1. The third kappa shape index (κ3) is 2.19. The van der Waals surface area contributed by atoms with E-state index in [1.807, 2.05) is 0 Å². The molecule has 2 bridgehead atoms. The van der Waals surface area contributed by atoms with Gasteiger partial charge in [0.1, 0.15) is 5.78 Å². The van der Waals surface area contributed by atoms with Crippen LogP contribution >= 0.6 is 0 Å². The van der Waals surface area contributed by atoms with Gasteiger partial charge in [-0.2, -0.15) is 0 Å². The van der Waals surface area contributed by atoms with Crippen molar-refractivity contribution in [2.75, 3.05) is 18.8 Å². The first-order valence-corrected chi connectivity index (χ1v) is 9.81. The Labute approximate surface area is 128 Å². The van der Waals surface area contributed by atoms with E-state index in [4.69, 9.17) is 0 Å². The average Bonchev–Trinajstić information content (AvgIpc) is 2.72. The number of carbonyl (C=O) groups excluding carboxylic acids is 1. The van der Waals surface area contributed by atoms with Gasteiger partial charge in [-0.15, -0.1) is 0 Å². The van der Waals surface area contributed by atoms with E-state index in [0.717, 1.165) is 25.7 Å². The number of piperidine rings is 1. The normalized spacial score (nSPS) is 39.9. The largest absolute Gasteiger partial charge is 0.299 e. The Balaban J connectivity index is 1.86. The zero-order valence-electron chi connectivity index (χ0n) is 13.4. The molecule has 1 aliphatic heterocycles. The van der Waals surface area contributed by atoms with E-state index in [1.165, 1.54) is 0 Å². The highest BCUT2D eigenvalue weighted by Gasteiger charge is 2.65. The molecule has 0 N–H and O–H groups in total. The molecule has 1 heterocycles. The Kier molecular flexibility index (Phi) is 3.53. The van der Waals surface area contributed by atoms with Gasteiger partial charge in [0.25, 0.3) is 0 Å². The van der Waals surface area contributed by atoms with Gasteiger partial charge in [-0.05, 0) is 42.9 Å². The van der Waals surface area contributed by atoms with Gasteiger partial charge in [0.05, 0.1) is 5.75 Å². The Bertz CT molecular complexity index is 554. The fourth-order valence-electron chi connectivity index (χ4n) is 4.91. The molecule has 2 aliphatic carbocycles. The fraction of sp³-hybridized carbons (Fsp3) is 0.938. The predicted octanol–water partition coefficient (Wildman–Crippen LogP) is 2.44. The first-order valence-electron chi connectivity index (χ1n) is 8.20. The van der Waals surface area contributed by atoms with Crippen molar-refractivity contribution in [2.45, 2.75) is 52.9 Å². The maximum atomic E-state index is 12.9. The molecule has 2 saturated carbocycles. The van der Waals surface area contributed by atoms with Gasteiger partial charge < -0.3 is 0 Å². The Hall–Kier alpha value is -0.420. The number of Topliss-reactive ketones (excluding diaryl/α,β-unsaturated/α-hetero) is 1. The summed E-state index contributed by atoms with van der Waals surface area (Å²) in [6, 6.07) is 0. The van der Waals surface area contributed by atoms with Crippen LogP contribution in [-0.2, 0) is 14.8 Å². The Morgan fingerprint density at radius 2 is 2.00 bits per heavy atom. The lowest BCUT2D eigenvalue weighted by Crippen LogP contribution is -2.48. The molecule has 4 nitrogen and oxygen atoms in total. The van der Waals surface area contributed by atoms with Crippen LogP contribution in [0, 0.1) is 22.7 Å². The van der Waals surface area contributed by atoms with Crippen LogP contribution in [0.15, 0.2) is 0 Å². The number of hydrogen-bond donors (Lipinski definition) is 0. The summed E-state index contributed by atoms with van der Waals surface area (Å²) in [6.45, 7) is 7.56. The van der Waals surface area contributed by atoms with Crippen molar-refractivity contribution in [3.63, 3.8) is 0 Å².